The third-order valence-corrected chi connectivity index (χ3v) is 5.17. The summed E-state index contributed by atoms with van der Waals surface area (Å²) in [6, 6.07) is 6.35. The van der Waals surface area contributed by atoms with Crippen molar-refractivity contribution >= 4 is 50.5 Å². The molecule has 0 fully saturated rings. The molecule has 0 unspecified atom stereocenters. The lowest BCUT2D eigenvalue weighted by atomic mass is 10.3. The second kappa shape index (κ2) is 6.87. The van der Waals surface area contributed by atoms with Crippen molar-refractivity contribution in [3.8, 4) is 5.75 Å². The molecular formula is C13H7Cl3F3NO3S. The van der Waals surface area contributed by atoms with E-state index in [4.69, 9.17) is 34.8 Å². The molecule has 0 bridgehead atoms. The predicted octanol–water partition coefficient (Wildman–Crippen LogP) is 5.35. The standard InChI is InChI=1S/C13H7Cl3F3NO3S/c14-9-5-11(16)12(6-10(9)15)24(21,22)20-7-1-3-8(4-2-7)23-13(17,18)19/h1-6,20H. The van der Waals surface area contributed by atoms with E-state index >= 15 is 0 Å². The van der Waals surface area contributed by atoms with Crippen molar-refractivity contribution in [3.63, 3.8) is 0 Å². The van der Waals surface area contributed by atoms with Crippen molar-refractivity contribution in [3.05, 3.63) is 51.5 Å². The van der Waals surface area contributed by atoms with E-state index in [1.54, 1.807) is 0 Å². The number of hydrogen-bond donors (Lipinski definition) is 1. The summed E-state index contributed by atoms with van der Waals surface area (Å²) in [7, 11) is -4.12. The van der Waals surface area contributed by atoms with Gasteiger partial charge in [0, 0.05) is 5.69 Å². The third-order valence-electron chi connectivity index (χ3n) is 2.60. The maximum atomic E-state index is 12.3. The van der Waals surface area contributed by atoms with Crippen LogP contribution in [0.2, 0.25) is 15.1 Å². The summed E-state index contributed by atoms with van der Waals surface area (Å²) < 4.78 is 66.7. The fourth-order valence-corrected chi connectivity index (χ4v) is 3.71. The van der Waals surface area contributed by atoms with E-state index in [9.17, 15) is 21.6 Å². The number of ether oxygens (including phenoxy) is 1. The molecule has 2 aromatic carbocycles. The van der Waals surface area contributed by atoms with Crippen LogP contribution < -0.4 is 9.46 Å². The molecule has 2 aromatic rings. The Labute approximate surface area is 150 Å². The van der Waals surface area contributed by atoms with Crippen molar-refractivity contribution in [2.24, 2.45) is 0 Å². The highest BCUT2D eigenvalue weighted by Crippen LogP contribution is 2.33. The lowest BCUT2D eigenvalue weighted by molar-refractivity contribution is -0.274. The van der Waals surface area contributed by atoms with Gasteiger partial charge in [0.15, 0.2) is 0 Å². The van der Waals surface area contributed by atoms with Gasteiger partial charge in [-0.05, 0) is 36.4 Å². The molecule has 0 heterocycles. The number of halogens is 6. The van der Waals surface area contributed by atoms with E-state index in [0.29, 0.717) is 0 Å². The molecule has 0 aliphatic heterocycles. The van der Waals surface area contributed by atoms with Crippen LogP contribution in [-0.4, -0.2) is 14.8 Å². The van der Waals surface area contributed by atoms with Gasteiger partial charge in [0.05, 0.1) is 15.1 Å². The zero-order valence-corrected chi connectivity index (χ0v) is 14.4. The first-order valence-electron chi connectivity index (χ1n) is 6.01. The van der Waals surface area contributed by atoms with Gasteiger partial charge in [0.25, 0.3) is 10.0 Å². The molecule has 0 saturated heterocycles. The Morgan fingerprint density at radius 2 is 1.46 bits per heavy atom. The van der Waals surface area contributed by atoms with E-state index in [1.807, 2.05) is 0 Å². The van der Waals surface area contributed by atoms with Crippen LogP contribution in [0.25, 0.3) is 0 Å². The topological polar surface area (TPSA) is 55.4 Å². The second-order valence-corrected chi connectivity index (χ2v) is 7.25. The first-order valence-corrected chi connectivity index (χ1v) is 8.63. The zero-order valence-electron chi connectivity index (χ0n) is 11.4. The van der Waals surface area contributed by atoms with E-state index in [-0.39, 0.29) is 25.7 Å². The maximum absolute atomic E-state index is 12.3. The lowest BCUT2D eigenvalue weighted by Gasteiger charge is -2.12. The van der Waals surface area contributed by atoms with Crippen LogP contribution in [0.5, 0.6) is 5.75 Å². The molecule has 130 valence electrons. The SMILES string of the molecule is O=S(=O)(Nc1ccc(OC(F)(F)F)cc1)c1cc(Cl)c(Cl)cc1Cl. The number of hydrogen-bond acceptors (Lipinski definition) is 3. The average molecular weight is 421 g/mol. The fourth-order valence-electron chi connectivity index (χ4n) is 1.65. The van der Waals surface area contributed by atoms with Crippen LogP contribution in [0.4, 0.5) is 18.9 Å². The summed E-state index contributed by atoms with van der Waals surface area (Å²) in [5, 5.41) is -0.0986. The minimum Gasteiger partial charge on any atom is -0.406 e. The van der Waals surface area contributed by atoms with Crippen molar-refractivity contribution in [2.45, 2.75) is 11.3 Å². The molecule has 11 heteroatoms. The minimum absolute atomic E-state index is 0.00617. The number of nitrogens with one attached hydrogen (secondary N) is 1. The number of alkyl halides is 3. The van der Waals surface area contributed by atoms with Gasteiger partial charge in [-0.3, -0.25) is 4.72 Å². The fraction of sp³-hybridized carbons (Fsp3) is 0.0769. The summed E-state index contributed by atoms with van der Waals surface area (Å²) in [6.07, 6.45) is -4.84. The highest BCUT2D eigenvalue weighted by Gasteiger charge is 2.31. The van der Waals surface area contributed by atoms with Gasteiger partial charge in [-0.2, -0.15) is 0 Å². The highest BCUT2D eigenvalue weighted by atomic mass is 35.5. The Kier molecular flexibility index (Phi) is 5.44. The molecule has 2 rings (SSSR count). The van der Waals surface area contributed by atoms with Crippen LogP contribution in [0.15, 0.2) is 41.3 Å². The number of rotatable bonds is 4. The molecule has 1 N–H and O–H groups in total. The number of benzene rings is 2. The van der Waals surface area contributed by atoms with Gasteiger partial charge in [-0.25, -0.2) is 8.42 Å². The molecular weight excluding hydrogens is 414 g/mol. The van der Waals surface area contributed by atoms with Gasteiger partial charge in [-0.15, -0.1) is 13.2 Å². The summed E-state index contributed by atoms with van der Waals surface area (Å²) in [5.41, 5.74) is 0.00617. The normalized spacial score (nSPS) is 12.1. The van der Waals surface area contributed by atoms with Crippen LogP contribution >= 0.6 is 34.8 Å². The molecule has 0 aromatic heterocycles. The lowest BCUT2D eigenvalue weighted by Crippen LogP contribution is -2.17. The monoisotopic (exact) mass is 419 g/mol. The van der Waals surface area contributed by atoms with Crippen LogP contribution in [0, 0.1) is 0 Å². The quantitative estimate of drug-likeness (QED) is 0.679. The molecule has 24 heavy (non-hydrogen) atoms. The summed E-state index contributed by atoms with van der Waals surface area (Å²) in [6.45, 7) is 0. The van der Waals surface area contributed by atoms with Crippen LogP contribution in [-0.2, 0) is 10.0 Å². The van der Waals surface area contributed by atoms with E-state index < -0.39 is 22.1 Å². The van der Waals surface area contributed by atoms with Crippen LogP contribution in [0.3, 0.4) is 0 Å². The summed E-state index contributed by atoms with van der Waals surface area (Å²) in [5.74, 6) is -0.488. The Bertz CT molecular complexity index is 855. The molecule has 0 radical (unpaired) electrons. The maximum Gasteiger partial charge on any atom is 0.573 e. The second-order valence-electron chi connectivity index (χ2n) is 4.37. The van der Waals surface area contributed by atoms with E-state index in [0.717, 1.165) is 30.3 Å². The van der Waals surface area contributed by atoms with Gasteiger partial charge in [0.2, 0.25) is 0 Å². The van der Waals surface area contributed by atoms with Gasteiger partial charge in [0.1, 0.15) is 10.6 Å². The van der Waals surface area contributed by atoms with Crippen molar-refractivity contribution in [2.75, 3.05) is 4.72 Å². The molecule has 0 amide bonds. The van der Waals surface area contributed by atoms with Gasteiger partial charge in [-0.1, -0.05) is 34.8 Å². The molecule has 0 atom stereocenters. The molecule has 0 spiro atoms. The Hall–Kier alpha value is -1.35. The molecule has 0 saturated carbocycles. The third kappa shape index (κ3) is 4.83. The van der Waals surface area contributed by atoms with Gasteiger partial charge >= 0.3 is 6.36 Å². The largest absolute Gasteiger partial charge is 0.573 e. The number of anilines is 1. The molecule has 0 aliphatic rings. The minimum atomic E-state index is -4.84. The van der Waals surface area contributed by atoms with Crippen molar-refractivity contribution < 1.29 is 26.3 Å². The molecule has 0 aliphatic carbocycles. The van der Waals surface area contributed by atoms with E-state index in [1.165, 1.54) is 6.07 Å². The Morgan fingerprint density at radius 3 is 2.00 bits per heavy atom. The molecule has 4 nitrogen and oxygen atoms in total. The average Bonchev–Trinajstić information content (AvgIpc) is 2.43. The Morgan fingerprint density at radius 1 is 0.917 bits per heavy atom. The first kappa shape index (κ1) is 19.0. The first-order chi connectivity index (χ1) is 11.0. The number of sulfonamides is 1. The predicted molar refractivity (Wildman–Crippen MR) is 85.4 cm³/mol. The summed E-state index contributed by atoms with van der Waals surface area (Å²) in [4.78, 5) is -0.325. The van der Waals surface area contributed by atoms with Crippen LogP contribution in [0.1, 0.15) is 0 Å². The van der Waals surface area contributed by atoms with Crippen molar-refractivity contribution in [1.29, 1.82) is 0 Å². The summed E-state index contributed by atoms with van der Waals surface area (Å²) >= 11 is 17.3. The Balaban J connectivity index is 2.25. The highest BCUT2D eigenvalue weighted by molar-refractivity contribution is 7.92. The van der Waals surface area contributed by atoms with E-state index in [2.05, 4.69) is 9.46 Å². The van der Waals surface area contributed by atoms with Crippen molar-refractivity contribution in [1.82, 2.24) is 0 Å². The smallest absolute Gasteiger partial charge is 0.406 e. The van der Waals surface area contributed by atoms with Gasteiger partial charge < -0.3 is 4.74 Å². The zero-order chi connectivity index (χ0) is 18.1.